The topological polar surface area (TPSA) is 51.0 Å². The third-order valence-electron chi connectivity index (χ3n) is 2.06. The Morgan fingerprint density at radius 1 is 1.44 bits per heavy atom. The highest BCUT2D eigenvalue weighted by molar-refractivity contribution is 7.13. The Hall–Kier alpha value is -1.20. The van der Waals surface area contributed by atoms with E-state index in [0.29, 0.717) is 12.5 Å². The van der Waals surface area contributed by atoms with Crippen LogP contribution < -0.4 is 5.32 Å². The van der Waals surface area contributed by atoms with Gasteiger partial charge in [-0.1, -0.05) is 13.8 Å². The zero-order chi connectivity index (χ0) is 11.4. The van der Waals surface area contributed by atoms with Crippen LogP contribution in [-0.2, 0) is 6.54 Å². The van der Waals surface area contributed by atoms with Crippen LogP contribution in [0.15, 0.2) is 22.3 Å². The molecular formula is C11H15N3OS. The maximum atomic E-state index is 5.61. The van der Waals surface area contributed by atoms with E-state index >= 15 is 0 Å². The van der Waals surface area contributed by atoms with Gasteiger partial charge in [-0.3, -0.25) is 4.98 Å². The van der Waals surface area contributed by atoms with Gasteiger partial charge in [0.15, 0.2) is 5.76 Å². The molecule has 0 aromatic carbocycles. The molecule has 0 radical (unpaired) electrons. The number of nitrogens with zero attached hydrogens (tertiary/aromatic N) is 2. The van der Waals surface area contributed by atoms with Gasteiger partial charge >= 0.3 is 0 Å². The zero-order valence-electron chi connectivity index (χ0n) is 9.43. The van der Waals surface area contributed by atoms with Gasteiger partial charge in [-0.15, -0.1) is 11.3 Å². The standard InChI is InChI=1S/C11H15N3OS/c1-8(2)3-12-6-11-14-4-9(15-11)10-5-13-7-16-10/h4-5,7-8,12H,3,6H2,1-2H3. The molecule has 0 aliphatic carbocycles. The van der Waals surface area contributed by atoms with Crippen molar-refractivity contribution in [3.63, 3.8) is 0 Å². The highest BCUT2D eigenvalue weighted by Gasteiger charge is 2.07. The van der Waals surface area contributed by atoms with Crippen molar-refractivity contribution in [2.75, 3.05) is 6.54 Å². The molecule has 0 spiro atoms. The quantitative estimate of drug-likeness (QED) is 0.868. The van der Waals surface area contributed by atoms with Gasteiger partial charge in [0.2, 0.25) is 5.89 Å². The number of rotatable bonds is 5. The Labute approximate surface area is 98.7 Å². The van der Waals surface area contributed by atoms with E-state index in [0.717, 1.165) is 23.1 Å². The summed E-state index contributed by atoms with van der Waals surface area (Å²) in [6.07, 6.45) is 3.54. The zero-order valence-corrected chi connectivity index (χ0v) is 10.3. The number of oxazole rings is 1. The van der Waals surface area contributed by atoms with Crippen LogP contribution in [0, 0.1) is 5.92 Å². The van der Waals surface area contributed by atoms with Crippen molar-refractivity contribution in [3.8, 4) is 10.6 Å². The molecular weight excluding hydrogens is 222 g/mol. The summed E-state index contributed by atoms with van der Waals surface area (Å²) < 4.78 is 5.61. The number of thiazole rings is 1. The van der Waals surface area contributed by atoms with Crippen molar-refractivity contribution in [1.82, 2.24) is 15.3 Å². The van der Waals surface area contributed by atoms with E-state index in [-0.39, 0.29) is 0 Å². The smallest absolute Gasteiger partial charge is 0.208 e. The Morgan fingerprint density at radius 3 is 3.00 bits per heavy atom. The van der Waals surface area contributed by atoms with Crippen LogP contribution in [0.3, 0.4) is 0 Å². The first-order valence-electron chi connectivity index (χ1n) is 5.30. The lowest BCUT2D eigenvalue weighted by molar-refractivity contribution is 0.459. The van der Waals surface area contributed by atoms with Gasteiger partial charge in [-0.2, -0.15) is 0 Å². The second-order valence-corrected chi connectivity index (χ2v) is 4.90. The molecule has 0 saturated heterocycles. The molecule has 0 atom stereocenters. The fourth-order valence-electron chi connectivity index (χ4n) is 1.31. The largest absolute Gasteiger partial charge is 0.438 e. The Morgan fingerprint density at radius 2 is 2.31 bits per heavy atom. The first-order valence-corrected chi connectivity index (χ1v) is 6.18. The van der Waals surface area contributed by atoms with E-state index in [9.17, 15) is 0 Å². The number of hydrogen-bond acceptors (Lipinski definition) is 5. The second kappa shape index (κ2) is 5.23. The van der Waals surface area contributed by atoms with Gasteiger partial charge in [0, 0.05) is 6.20 Å². The second-order valence-electron chi connectivity index (χ2n) is 4.01. The summed E-state index contributed by atoms with van der Waals surface area (Å²) in [6, 6.07) is 0. The summed E-state index contributed by atoms with van der Waals surface area (Å²) in [4.78, 5) is 9.24. The number of hydrogen-bond donors (Lipinski definition) is 1. The van der Waals surface area contributed by atoms with E-state index in [2.05, 4.69) is 29.1 Å². The molecule has 0 fully saturated rings. The highest BCUT2D eigenvalue weighted by Crippen LogP contribution is 2.23. The van der Waals surface area contributed by atoms with Gasteiger partial charge in [0.25, 0.3) is 0 Å². The SMILES string of the molecule is CC(C)CNCc1ncc(-c2cncs2)o1. The monoisotopic (exact) mass is 237 g/mol. The molecule has 2 aromatic heterocycles. The third kappa shape index (κ3) is 2.90. The molecule has 2 heterocycles. The highest BCUT2D eigenvalue weighted by atomic mass is 32.1. The molecule has 4 nitrogen and oxygen atoms in total. The van der Waals surface area contributed by atoms with E-state index in [1.165, 1.54) is 0 Å². The van der Waals surface area contributed by atoms with E-state index in [1.54, 1.807) is 29.2 Å². The molecule has 0 unspecified atom stereocenters. The Kier molecular flexibility index (Phi) is 3.69. The first kappa shape index (κ1) is 11.3. The average molecular weight is 237 g/mol. The summed E-state index contributed by atoms with van der Waals surface area (Å²) in [5.74, 6) is 2.16. The molecule has 86 valence electrons. The van der Waals surface area contributed by atoms with Gasteiger partial charge < -0.3 is 9.73 Å². The molecule has 2 aromatic rings. The molecule has 1 N–H and O–H groups in total. The van der Waals surface area contributed by atoms with Crippen LogP contribution in [0.4, 0.5) is 0 Å². The summed E-state index contributed by atoms with van der Waals surface area (Å²) in [5, 5.41) is 3.29. The van der Waals surface area contributed by atoms with Gasteiger partial charge in [-0.25, -0.2) is 4.98 Å². The van der Waals surface area contributed by atoms with Gasteiger partial charge in [-0.05, 0) is 12.5 Å². The predicted octanol–water partition coefficient (Wildman–Crippen LogP) is 2.54. The molecule has 16 heavy (non-hydrogen) atoms. The maximum absolute atomic E-state index is 5.61. The van der Waals surface area contributed by atoms with Crippen molar-refractivity contribution < 1.29 is 4.42 Å². The molecule has 2 rings (SSSR count). The summed E-state index contributed by atoms with van der Waals surface area (Å²) in [6.45, 7) is 5.99. The lowest BCUT2D eigenvalue weighted by atomic mass is 10.2. The minimum absolute atomic E-state index is 0.635. The van der Waals surface area contributed by atoms with Crippen LogP contribution in [0.5, 0.6) is 0 Å². The summed E-state index contributed by atoms with van der Waals surface area (Å²) >= 11 is 1.55. The van der Waals surface area contributed by atoms with E-state index in [4.69, 9.17) is 4.42 Å². The van der Waals surface area contributed by atoms with Crippen LogP contribution in [-0.4, -0.2) is 16.5 Å². The molecule has 5 heteroatoms. The number of aromatic nitrogens is 2. The van der Waals surface area contributed by atoms with Crippen molar-refractivity contribution in [2.45, 2.75) is 20.4 Å². The molecule has 0 aliphatic heterocycles. The number of nitrogens with one attached hydrogen (secondary N) is 1. The lowest BCUT2D eigenvalue weighted by Crippen LogP contribution is -2.18. The fraction of sp³-hybridized carbons (Fsp3) is 0.455. The van der Waals surface area contributed by atoms with Crippen LogP contribution in [0.1, 0.15) is 19.7 Å². The van der Waals surface area contributed by atoms with Crippen molar-refractivity contribution in [1.29, 1.82) is 0 Å². The predicted molar refractivity (Wildman–Crippen MR) is 64.2 cm³/mol. The molecule has 0 amide bonds. The fourth-order valence-corrected chi connectivity index (χ4v) is 1.88. The normalized spacial score (nSPS) is 11.2. The third-order valence-corrected chi connectivity index (χ3v) is 2.85. The maximum Gasteiger partial charge on any atom is 0.208 e. The summed E-state index contributed by atoms with van der Waals surface area (Å²) in [7, 11) is 0. The minimum atomic E-state index is 0.635. The van der Waals surface area contributed by atoms with Crippen LogP contribution in [0.2, 0.25) is 0 Å². The Balaban J connectivity index is 1.93. The van der Waals surface area contributed by atoms with E-state index in [1.807, 2.05) is 0 Å². The van der Waals surface area contributed by atoms with Gasteiger partial charge in [0.05, 0.1) is 23.1 Å². The summed E-state index contributed by atoms with van der Waals surface area (Å²) in [5.41, 5.74) is 1.79. The van der Waals surface area contributed by atoms with Crippen LogP contribution in [0.25, 0.3) is 10.6 Å². The first-order chi connectivity index (χ1) is 7.75. The lowest BCUT2D eigenvalue weighted by Gasteiger charge is -2.03. The van der Waals surface area contributed by atoms with Crippen molar-refractivity contribution in [3.05, 3.63) is 23.8 Å². The Bertz CT molecular complexity index is 422. The molecule has 0 bridgehead atoms. The van der Waals surface area contributed by atoms with E-state index < -0.39 is 0 Å². The average Bonchev–Trinajstić information content (AvgIpc) is 2.85. The van der Waals surface area contributed by atoms with Crippen molar-refractivity contribution >= 4 is 11.3 Å². The van der Waals surface area contributed by atoms with Crippen molar-refractivity contribution in [2.24, 2.45) is 5.92 Å². The molecule has 0 saturated carbocycles. The molecule has 0 aliphatic rings. The minimum Gasteiger partial charge on any atom is -0.438 e. The van der Waals surface area contributed by atoms with Gasteiger partial charge in [0.1, 0.15) is 0 Å². The van der Waals surface area contributed by atoms with Crippen LogP contribution >= 0.6 is 11.3 Å².